The van der Waals surface area contributed by atoms with E-state index in [0.29, 0.717) is 18.0 Å². The first-order chi connectivity index (χ1) is 10.6. The molecule has 0 aliphatic heterocycles. The van der Waals surface area contributed by atoms with Crippen molar-refractivity contribution in [3.63, 3.8) is 0 Å². The topological polar surface area (TPSA) is 56.0 Å². The average Bonchev–Trinajstić information content (AvgIpc) is 2.51. The third kappa shape index (κ3) is 4.73. The average molecular weight is 320 g/mol. The summed E-state index contributed by atoms with van der Waals surface area (Å²) in [6.45, 7) is 2.23. The fourth-order valence-corrected chi connectivity index (χ4v) is 2.74. The minimum Gasteiger partial charge on any atom is -0.618 e. The summed E-state index contributed by atoms with van der Waals surface area (Å²) in [5, 5.41) is 14.5. The maximum absolute atomic E-state index is 12.8. The van der Waals surface area contributed by atoms with Gasteiger partial charge in [-0.05, 0) is 48.9 Å². The number of carbonyl (C=O) groups is 1. The minimum atomic E-state index is -0.365. The summed E-state index contributed by atoms with van der Waals surface area (Å²) in [5.41, 5.74) is 0.961. The fourth-order valence-electron chi connectivity index (χ4n) is 1.86. The Bertz CT molecular complexity index is 634. The Hall–Kier alpha value is -2.08. The van der Waals surface area contributed by atoms with E-state index in [9.17, 15) is 14.4 Å². The van der Waals surface area contributed by atoms with Crippen molar-refractivity contribution in [2.24, 2.45) is 0 Å². The van der Waals surface area contributed by atoms with Crippen molar-refractivity contribution < 1.29 is 13.9 Å². The van der Waals surface area contributed by atoms with Gasteiger partial charge in [0.1, 0.15) is 5.82 Å². The molecule has 6 heteroatoms. The summed E-state index contributed by atoms with van der Waals surface area (Å²) in [7, 11) is 0. The zero-order valence-corrected chi connectivity index (χ0v) is 13.0. The summed E-state index contributed by atoms with van der Waals surface area (Å²) in [6, 6.07) is 11.3. The number of pyridine rings is 1. The lowest BCUT2D eigenvalue weighted by Gasteiger charge is -2.11. The van der Waals surface area contributed by atoms with E-state index in [4.69, 9.17) is 0 Å². The summed E-state index contributed by atoms with van der Waals surface area (Å²) in [6.07, 6.45) is 2.04. The van der Waals surface area contributed by atoms with E-state index < -0.39 is 0 Å². The van der Waals surface area contributed by atoms with Crippen LogP contribution < -0.4 is 10.0 Å². The van der Waals surface area contributed by atoms with Crippen LogP contribution in [-0.2, 0) is 11.2 Å². The number of hydrogen-bond donors (Lipinski definition) is 1. The monoisotopic (exact) mass is 320 g/mol. The van der Waals surface area contributed by atoms with E-state index in [1.807, 2.05) is 0 Å². The first kappa shape index (κ1) is 16.3. The first-order valence-corrected chi connectivity index (χ1v) is 7.81. The predicted molar refractivity (Wildman–Crippen MR) is 83.8 cm³/mol. The predicted octanol–water partition coefficient (Wildman–Crippen LogP) is 2.30. The maximum Gasteiger partial charge on any atom is 0.252 e. The van der Waals surface area contributed by atoms with Gasteiger partial charge in [-0.3, -0.25) is 4.79 Å². The lowest BCUT2D eigenvalue weighted by atomic mass is 10.1. The van der Waals surface area contributed by atoms with Crippen LogP contribution in [-0.4, -0.2) is 17.7 Å². The number of rotatable bonds is 6. The molecule has 0 radical (unpaired) electrons. The van der Waals surface area contributed by atoms with Crippen molar-refractivity contribution >= 4 is 17.7 Å². The number of amides is 1. The highest BCUT2D eigenvalue weighted by Crippen LogP contribution is 2.19. The number of aromatic nitrogens is 1. The van der Waals surface area contributed by atoms with Crippen LogP contribution in [0.4, 0.5) is 4.39 Å². The smallest absolute Gasteiger partial charge is 0.252 e. The van der Waals surface area contributed by atoms with E-state index in [1.165, 1.54) is 30.1 Å². The van der Waals surface area contributed by atoms with Gasteiger partial charge in [-0.1, -0.05) is 12.1 Å². The molecule has 1 heterocycles. The summed E-state index contributed by atoms with van der Waals surface area (Å²) in [4.78, 5) is 12.0. The van der Waals surface area contributed by atoms with E-state index in [-0.39, 0.29) is 17.0 Å². The second kappa shape index (κ2) is 7.79. The highest BCUT2D eigenvalue weighted by Gasteiger charge is 2.18. The number of nitrogens with one attached hydrogen (secondary N) is 1. The molecule has 1 amide bonds. The zero-order valence-electron chi connectivity index (χ0n) is 12.2. The quantitative estimate of drug-likeness (QED) is 0.505. The van der Waals surface area contributed by atoms with Gasteiger partial charge in [-0.2, -0.15) is 4.73 Å². The van der Waals surface area contributed by atoms with E-state index in [1.54, 1.807) is 37.3 Å². The molecule has 116 valence electrons. The largest absolute Gasteiger partial charge is 0.618 e. The number of thioether (sulfide) groups is 1. The van der Waals surface area contributed by atoms with Gasteiger partial charge in [-0.25, -0.2) is 4.39 Å². The third-order valence-corrected chi connectivity index (χ3v) is 4.21. The molecule has 22 heavy (non-hydrogen) atoms. The molecule has 0 aliphatic rings. The van der Waals surface area contributed by atoms with Crippen LogP contribution in [0.1, 0.15) is 12.5 Å². The van der Waals surface area contributed by atoms with Crippen LogP contribution in [0, 0.1) is 11.0 Å². The molecule has 0 unspecified atom stereocenters. The van der Waals surface area contributed by atoms with Gasteiger partial charge in [0.15, 0.2) is 6.20 Å². The van der Waals surface area contributed by atoms with Crippen molar-refractivity contribution in [3.05, 3.63) is 65.2 Å². The molecule has 2 aromatic rings. The van der Waals surface area contributed by atoms with Crippen LogP contribution in [0.3, 0.4) is 0 Å². The van der Waals surface area contributed by atoms with E-state index in [0.717, 1.165) is 10.3 Å². The number of nitrogens with zero attached hydrogens (tertiary/aromatic N) is 1. The molecular weight excluding hydrogens is 303 g/mol. The Morgan fingerprint density at radius 3 is 2.73 bits per heavy atom. The van der Waals surface area contributed by atoms with Crippen molar-refractivity contribution in [1.29, 1.82) is 0 Å². The van der Waals surface area contributed by atoms with Gasteiger partial charge in [0.05, 0.1) is 5.25 Å². The Balaban J connectivity index is 1.79. The standard InChI is InChI=1S/C16H17FN2O2S/c1-12(22-15-4-2-3-11-19(15)21)16(20)18-10-9-13-5-7-14(17)8-6-13/h2-8,11-12H,9-10H2,1H3,(H,18,20)/t12-/m1/s1. The molecular formula is C16H17FN2O2S. The molecule has 1 N–H and O–H groups in total. The first-order valence-electron chi connectivity index (χ1n) is 6.93. The van der Waals surface area contributed by atoms with Crippen molar-refractivity contribution in [2.75, 3.05) is 6.54 Å². The fraction of sp³-hybridized carbons (Fsp3) is 0.250. The second-order valence-corrected chi connectivity index (χ2v) is 6.15. The Morgan fingerprint density at radius 1 is 1.32 bits per heavy atom. The van der Waals surface area contributed by atoms with Gasteiger partial charge in [-0.15, -0.1) is 0 Å². The van der Waals surface area contributed by atoms with Gasteiger partial charge in [0.25, 0.3) is 5.03 Å². The number of hydrogen-bond acceptors (Lipinski definition) is 3. The van der Waals surface area contributed by atoms with Gasteiger partial charge < -0.3 is 10.5 Å². The summed E-state index contributed by atoms with van der Waals surface area (Å²) >= 11 is 1.22. The summed E-state index contributed by atoms with van der Waals surface area (Å²) < 4.78 is 13.5. The second-order valence-electron chi connectivity index (χ2n) is 4.79. The van der Waals surface area contributed by atoms with Crippen LogP contribution in [0.15, 0.2) is 53.7 Å². The highest BCUT2D eigenvalue weighted by molar-refractivity contribution is 8.00. The van der Waals surface area contributed by atoms with Crippen molar-refractivity contribution in [1.82, 2.24) is 5.32 Å². The number of benzene rings is 1. The lowest BCUT2D eigenvalue weighted by molar-refractivity contribution is -0.645. The third-order valence-electron chi connectivity index (χ3n) is 3.08. The molecule has 1 aromatic carbocycles. The molecule has 1 aromatic heterocycles. The Labute approximate surface area is 132 Å². The van der Waals surface area contributed by atoms with Crippen LogP contribution >= 0.6 is 11.8 Å². The normalized spacial score (nSPS) is 11.9. The van der Waals surface area contributed by atoms with E-state index >= 15 is 0 Å². The summed E-state index contributed by atoms with van der Waals surface area (Å²) in [5.74, 6) is -0.400. The number of halogens is 1. The molecule has 0 bridgehead atoms. The van der Waals surface area contributed by atoms with Crippen molar-refractivity contribution in [2.45, 2.75) is 23.6 Å². The molecule has 0 saturated heterocycles. The minimum absolute atomic E-state index is 0.129. The van der Waals surface area contributed by atoms with Gasteiger partial charge >= 0.3 is 0 Å². The van der Waals surface area contributed by atoms with Gasteiger partial charge in [0, 0.05) is 18.7 Å². The number of carbonyl (C=O) groups excluding carboxylic acids is 1. The maximum atomic E-state index is 12.8. The SMILES string of the molecule is C[C@@H](Sc1cccc[n+]1[O-])C(=O)NCCc1ccc(F)cc1. The lowest BCUT2D eigenvalue weighted by Crippen LogP contribution is -2.34. The van der Waals surface area contributed by atoms with Crippen molar-refractivity contribution in [3.8, 4) is 0 Å². The molecule has 0 saturated carbocycles. The molecule has 0 spiro atoms. The molecule has 4 nitrogen and oxygen atoms in total. The van der Waals surface area contributed by atoms with Crippen LogP contribution in [0.5, 0.6) is 0 Å². The van der Waals surface area contributed by atoms with Gasteiger partial charge in [0.2, 0.25) is 5.91 Å². The van der Waals surface area contributed by atoms with Crippen LogP contribution in [0.25, 0.3) is 0 Å². The Morgan fingerprint density at radius 2 is 2.05 bits per heavy atom. The molecule has 1 atom stereocenters. The molecule has 0 aliphatic carbocycles. The molecule has 0 fully saturated rings. The van der Waals surface area contributed by atoms with Crippen LogP contribution in [0.2, 0.25) is 0 Å². The highest BCUT2D eigenvalue weighted by atomic mass is 32.2. The van der Waals surface area contributed by atoms with E-state index in [2.05, 4.69) is 5.32 Å². The molecule has 2 rings (SSSR count). The zero-order chi connectivity index (χ0) is 15.9. The Kier molecular flexibility index (Phi) is 5.77.